The molecule has 0 spiro atoms. The van der Waals surface area contributed by atoms with Gasteiger partial charge < -0.3 is 13.8 Å². The van der Waals surface area contributed by atoms with Gasteiger partial charge in [0.2, 0.25) is 0 Å². The molecule has 0 unspecified atom stereocenters. The predicted octanol–water partition coefficient (Wildman–Crippen LogP) is 5.28. The van der Waals surface area contributed by atoms with Gasteiger partial charge in [0, 0.05) is 5.57 Å². The Morgan fingerprint density at radius 1 is 0.778 bits per heavy atom. The van der Waals surface area contributed by atoms with Crippen LogP contribution in [0.2, 0.25) is 0 Å². The maximum absolute atomic E-state index is 13.6. The molecule has 0 saturated carbocycles. The van der Waals surface area contributed by atoms with Crippen LogP contribution >= 0.6 is 7.60 Å². The normalized spacial score (nSPS) is 11.1. The molecule has 0 N–H and O–H groups in total. The lowest BCUT2D eigenvalue weighted by atomic mass is 9.97. The first-order valence-electron chi connectivity index (χ1n) is 8.99. The zero-order chi connectivity index (χ0) is 19.7. The van der Waals surface area contributed by atoms with Crippen LogP contribution in [0.15, 0.2) is 66.0 Å². The van der Waals surface area contributed by atoms with Gasteiger partial charge in [0.1, 0.15) is 0 Å². The van der Waals surface area contributed by atoms with Crippen LogP contribution in [0.25, 0.3) is 5.57 Å². The topological polar surface area (TPSA) is 61.8 Å². The van der Waals surface area contributed by atoms with Crippen LogP contribution in [0.1, 0.15) is 31.9 Å². The van der Waals surface area contributed by atoms with Crippen molar-refractivity contribution in [3.8, 4) is 0 Å². The second kappa shape index (κ2) is 10.2. The van der Waals surface area contributed by atoms with Crippen molar-refractivity contribution >= 4 is 19.1 Å². The van der Waals surface area contributed by atoms with E-state index in [0.717, 1.165) is 11.1 Å². The molecule has 0 radical (unpaired) electrons. The van der Waals surface area contributed by atoms with E-state index in [9.17, 15) is 9.36 Å². The van der Waals surface area contributed by atoms with Crippen molar-refractivity contribution < 1.29 is 23.1 Å². The van der Waals surface area contributed by atoms with Crippen molar-refractivity contribution in [2.24, 2.45) is 0 Å². The van der Waals surface area contributed by atoms with Gasteiger partial charge >= 0.3 is 13.6 Å². The largest absolute Gasteiger partial charge is 0.462 e. The van der Waals surface area contributed by atoms with Crippen LogP contribution < -0.4 is 0 Å². The number of rotatable bonds is 9. The minimum atomic E-state index is -3.90. The summed E-state index contributed by atoms with van der Waals surface area (Å²) in [6, 6.07) is 18.6. The summed E-state index contributed by atoms with van der Waals surface area (Å²) in [6.07, 6.45) is 0. The molecule has 2 rings (SSSR count). The highest BCUT2D eigenvalue weighted by atomic mass is 31.2. The van der Waals surface area contributed by atoms with Crippen molar-refractivity contribution in [3.63, 3.8) is 0 Å². The first-order chi connectivity index (χ1) is 13.1. The van der Waals surface area contributed by atoms with Gasteiger partial charge in [-0.15, -0.1) is 0 Å². The minimum Gasteiger partial charge on any atom is -0.462 e. The third-order valence-electron chi connectivity index (χ3n) is 3.70. The van der Waals surface area contributed by atoms with Crippen LogP contribution in [0.3, 0.4) is 0 Å². The van der Waals surface area contributed by atoms with Gasteiger partial charge in [-0.05, 0) is 31.9 Å². The van der Waals surface area contributed by atoms with Gasteiger partial charge in [0.15, 0.2) is 5.31 Å². The number of benzene rings is 2. The minimum absolute atomic E-state index is 0.0783. The van der Waals surface area contributed by atoms with Crippen molar-refractivity contribution in [1.82, 2.24) is 0 Å². The summed E-state index contributed by atoms with van der Waals surface area (Å²) in [5, 5.41) is -0.0783. The van der Waals surface area contributed by atoms with Crippen LogP contribution in [0.4, 0.5) is 0 Å². The molecule has 0 heterocycles. The monoisotopic (exact) mass is 388 g/mol. The van der Waals surface area contributed by atoms with E-state index in [2.05, 4.69) is 0 Å². The number of hydrogen-bond donors (Lipinski definition) is 0. The molecule has 0 fully saturated rings. The predicted molar refractivity (Wildman–Crippen MR) is 106 cm³/mol. The smallest absolute Gasteiger partial charge is 0.369 e. The molecule has 0 aliphatic carbocycles. The standard InChI is InChI=1S/C21H25O5P/c1-4-24-21(22)20(27(23,25-5-2)26-6-3)19(17-13-9-7-10-14-17)18-15-11-8-12-16-18/h7-16H,4-6H2,1-3H3. The van der Waals surface area contributed by atoms with Crippen molar-refractivity contribution in [3.05, 3.63) is 77.1 Å². The zero-order valence-electron chi connectivity index (χ0n) is 15.9. The Morgan fingerprint density at radius 2 is 1.22 bits per heavy atom. The lowest BCUT2D eigenvalue weighted by Crippen LogP contribution is -2.14. The molecule has 0 aliphatic rings. The molecule has 0 aliphatic heterocycles. The lowest BCUT2D eigenvalue weighted by Gasteiger charge is -2.22. The summed E-state index contributed by atoms with van der Waals surface area (Å²) in [7, 11) is -3.90. The third-order valence-corrected chi connectivity index (χ3v) is 5.85. The Morgan fingerprint density at radius 3 is 1.59 bits per heavy atom. The Labute approximate surface area is 160 Å². The summed E-state index contributed by atoms with van der Waals surface area (Å²) in [5.74, 6) is -0.703. The number of carbonyl (C=O) groups is 1. The molecule has 2 aromatic carbocycles. The summed E-state index contributed by atoms with van der Waals surface area (Å²) < 4.78 is 29.8. The van der Waals surface area contributed by atoms with E-state index in [1.807, 2.05) is 60.7 Å². The third kappa shape index (κ3) is 5.16. The van der Waals surface area contributed by atoms with Crippen LogP contribution in [-0.4, -0.2) is 25.8 Å². The van der Waals surface area contributed by atoms with E-state index in [1.165, 1.54) is 0 Å². The molecule has 0 aromatic heterocycles. The zero-order valence-corrected chi connectivity index (χ0v) is 16.8. The summed E-state index contributed by atoms with van der Waals surface area (Å²) in [5.41, 5.74) is 1.94. The maximum Gasteiger partial charge on any atom is 0.369 e. The van der Waals surface area contributed by atoms with Gasteiger partial charge in [0.25, 0.3) is 0 Å². The van der Waals surface area contributed by atoms with Gasteiger partial charge in [-0.2, -0.15) is 0 Å². The molecule has 0 saturated heterocycles. The molecular weight excluding hydrogens is 363 g/mol. The summed E-state index contributed by atoms with van der Waals surface area (Å²) in [4.78, 5) is 12.9. The average Bonchev–Trinajstić information content (AvgIpc) is 2.67. The number of ether oxygens (including phenoxy) is 1. The Hall–Kier alpha value is -2.20. The van der Waals surface area contributed by atoms with E-state index in [4.69, 9.17) is 13.8 Å². The average molecular weight is 388 g/mol. The molecule has 0 amide bonds. The molecule has 0 bridgehead atoms. The number of carbonyl (C=O) groups excluding carboxylic acids is 1. The van der Waals surface area contributed by atoms with E-state index in [1.54, 1.807) is 20.8 Å². The quantitative estimate of drug-likeness (QED) is 0.332. The fourth-order valence-electron chi connectivity index (χ4n) is 2.71. The molecule has 27 heavy (non-hydrogen) atoms. The highest BCUT2D eigenvalue weighted by molar-refractivity contribution is 7.60. The SMILES string of the molecule is CCOC(=O)C(=C(c1ccccc1)c1ccccc1)P(=O)(OCC)OCC. The number of esters is 1. The molecule has 2 aromatic rings. The van der Waals surface area contributed by atoms with Crippen LogP contribution in [0.5, 0.6) is 0 Å². The van der Waals surface area contributed by atoms with E-state index in [0.29, 0.717) is 5.57 Å². The molecule has 144 valence electrons. The van der Waals surface area contributed by atoms with Gasteiger partial charge in [-0.25, -0.2) is 4.79 Å². The Kier molecular flexibility index (Phi) is 7.99. The van der Waals surface area contributed by atoms with Gasteiger partial charge in [-0.3, -0.25) is 4.57 Å². The van der Waals surface area contributed by atoms with Crippen molar-refractivity contribution in [1.29, 1.82) is 0 Å². The van der Waals surface area contributed by atoms with Crippen molar-refractivity contribution in [2.75, 3.05) is 19.8 Å². The lowest BCUT2D eigenvalue weighted by molar-refractivity contribution is -0.137. The summed E-state index contributed by atoms with van der Waals surface area (Å²) >= 11 is 0. The molecule has 0 atom stereocenters. The van der Waals surface area contributed by atoms with Gasteiger partial charge in [0.05, 0.1) is 19.8 Å². The molecule has 5 nitrogen and oxygen atoms in total. The van der Waals surface area contributed by atoms with Crippen molar-refractivity contribution in [2.45, 2.75) is 20.8 Å². The molecule has 6 heteroatoms. The van der Waals surface area contributed by atoms with E-state index in [-0.39, 0.29) is 25.1 Å². The van der Waals surface area contributed by atoms with E-state index < -0.39 is 13.6 Å². The first-order valence-corrected chi connectivity index (χ1v) is 10.5. The maximum atomic E-state index is 13.6. The van der Waals surface area contributed by atoms with Crippen LogP contribution in [-0.2, 0) is 23.1 Å². The highest BCUT2D eigenvalue weighted by Crippen LogP contribution is 2.59. The highest BCUT2D eigenvalue weighted by Gasteiger charge is 2.39. The second-order valence-corrected chi connectivity index (χ2v) is 7.47. The first kappa shape index (κ1) is 21.1. The number of hydrogen-bond acceptors (Lipinski definition) is 5. The second-order valence-electron chi connectivity index (χ2n) is 5.51. The van der Waals surface area contributed by atoms with E-state index >= 15 is 0 Å². The molecular formula is C21H25O5P. The summed E-state index contributed by atoms with van der Waals surface area (Å²) in [6.45, 7) is 5.54. The fourth-order valence-corrected chi connectivity index (χ4v) is 4.54. The Bertz CT molecular complexity index is 763. The van der Waals surface area contributed by atoms with Crippen LogP contribution in [0, 0.1) is 0 Å². The fraction of sp³-hybridized carbons (Fsp3) is 0.286. The Balaban J connectivity index is 2.86. The van der Waals surface area contributed by atoms with Gasteiger partial charge in [-0.1, -0.05) is 60.7 Å².